The minimum atomic E-state index is -0.417. The zero-order valence-electron chi connectivity index (χ0n) is 14.4. The largest absolute Gasteiger partial charge is 0.354 e. The minimum Gasteiger partial charge on any atom is -0.354 e. The lowest BCUT2D eigenvalue weighted by Gasteiger charge is -2.08. The van der Waals surface area contributed by atoms with Gasteiger partial charge in [-0.05, 0) is 42.0 Å². The zero-order valence-corrected chi connectivity index (χ0v) is 16.0. The molecule has 0 unspecified atom stereocenters. The molecular formula is C19H19BrFN3O3. The molecule has 0 radical (unpaired) electrons. The lowest BCUT2D eigenvalue weighted by Crippen LogP contribution is -2.38. The maximum atomic E-state index is 13.1. The van der Waals surface area contributed by atoms with Crippen LogP contribution in [-0.2, 0) is 20.8 Å². The predicted octanol–water partition coefficient (Wildman–Crippen LogP) is 2.39. The van der Waals surface area contributed by atoms with Gasteiger partial charge in [0.25, 0.3) is 0 Å². The van der Waals surface area contributed by atoms with Gasteiger partial charge in [0.1, 0.15) is 5.82 Å². The smallest absolute Gasteiger partial charge is 0.239 e. The summed E-state index contributed by atoms with van der Waals surface area (Å²) in [6.45, 7) is -0.0521. The van der Waals surface area contributed by atoms with Crippen LogP contribution >= 0.6 is 15.9 Å². The van der Waals surface area contributed by atoms with E-state index < -0.39 is 11.7 Å². The Morgan fingerprint density at radius 3 is 2.37 bits per heavy atom. The van der Waals surface area contributed by atoms with Gasteiger partial charge in [0, 0.05) is 23.1 Å². The van der Waals surface area contributed by atoms with Crippen molar-refractivity contribution in [1.29, 1.82) is 0 Å². The first-order chi connectivity index (χ1) is 12.9. The monoisotopic (exact) mass is 435 g/mol. The molecule has 6 nitrogen and oxygen atoms in total. The van der Waals surface area contributed by atoms with Crippen LogP contribution in [0, 0.1) is 5.82 Å². The van der Waals surface area contributed by atoms with Gasteiger partial charge in [-0.15, -0.1) is 0 Å². The van der Waals surface area contributed by atoms with Crippen LogP contribution in [-0.4, -0.2) is 30.8 Å². The SMILES string of the molecule is O=C(CNC(=O)Cc1cccc(F)c1)NCCC(=O)Nc1ccc(Br)cc1. The topological polar surface area (TPSA) is 87.3 Å². The standard InChI is InChI=1S/C19H19BrFN3O3/c20-14-4-6-16(7-5-14)24-17(25)8-9-22-19(27)12-23-18(26)11-13-2-1-3-15(21)10-13/h1-7,10H,8-9,11-12H2,(H,22,27)(H,23,26)(H,24,25). The third kappa shape index (κ3) is 8.00. The van der Waals surface area contributed by atoms with Crippen LogP contribution in [0.4, 0.5) is 10.1 Å². The number of carbonyl (C=O) groups excluding carboxylic acids is 3. The van der Waals surface area contributed by atoms with E-state index in [1.54, 1.807) is 18.2 Å². The van der Waals surface area contributed by atoms with Crippen molar-refractivity contribution in [3.63, 3.8) is 0 Å². The summed E-state index contributed by atoms with van der Waals surface area (Å²) < 4.78 is 14.0. The summed E-state index contributed by atoms with van der Waals surface area (Å²) in [5.41, 5.74) is 1.19. The fourth-order valence-corrected chi connectivity index (χ4v) is 2.47. The molecule has 0 fully saturated rings. The van der Waals surface area contributed by atoms with Gasteiger partial charge in [0.2, 0.25) is 17.7 Å². The highest BCUT2D eigenvalue weighted by molar-refractivity contribution is 9.10. The van der Waals surface area contributed by atoms with Crippen molar-refractivity contribution in [2.24, 2.45) is 0 Å². The second-order valence-corrected chi connectivity index (χ2v) is 6.65. The molecule has 0 saturated heterocycles. The molecular weight excluding hydrogens is 417 g/mol. The van der Waals surface area contributed by atoms with Gasteiger partial charge < -0.3 is 16.0 Å². The van der Waals surface area contributed by atoms with E-state index in [1.165, 1.54) is 18.2 Å². The van der Waals surface area contributed by atoms with Crippen molar-refractivity contribution in [3.05, 3.63) is 64.4 Å². The summed E-state index contributed by atoms with van der Waals surface area (Å²) in [5.74, 6) is -1.44. The Bertz CT molecular complexity index is 812. The number of benzene rings is 2. The number of nitrogens with one attached hydrogen (secondary N) is 3. The first kappa shape index (κ1) is 20.6. The first-order valence-electron chi connectivity index (χ1n) is 8.25. The Hall–Kier alpha value is -2.74. The fourth-order valence-electron chi connectivity index (χ4n) is 2.21. The van der Waals surface area contributed by atoms with Crippen LogP contribution in [0.5, 0.6) is 0 Å². The third-order valence-electron chi connectivity index (χ3n) is 3.50. The molecule has 2 aromatic carbocycles. The summed E-state index contributed by atoms with van der Waals surface area (Å²) in [6.07, 6.45) is 0.0969. The highest BCUT2D eigenvalue weighted by Gasteiger charge is 2.08. The van der Waals surface area contributed by atoms with Gasteiger partial charge in [-0.2, -0.15) is 0 Å². The van der Waals surface area contributed by atoms with E-state index in [2.05, 4.69) is 31.9 Å². The van der Waals surface area contributed by atoms with Crippen LogP contribution in [0.25, 0.3) is 0 Å². The van der Waals surface area contributed by atoms with E-state index in [9.17, 15) is 18.8 Å². The van der Waals surface area contributed by atoms with Crippen LogP contribution < -0.4 is 16.0 Å². The quantitative estimate of drug-likeness (QED) is 0.594. The second kappa shape index (κ2) is 10.4. The molecule has 0 bridgehead atoms. The van der Waals surface area contributed by atoms with Crippen molar-refractivity contribution >= 4 is 39.3 Å². The maximum Gasteiger partial charge on any atom is 0.239 e. The molecule has 3 amide bonds. The molecule has 0 atom stereocenters. The van der Waals surface area contributed by atoms with E-state index in [1.807, 2.05) is 12.1 Å². The van der Waals surface area contributed by atoms with E-state index in [-0.39, 0.29) is 37.7 Å². The van der Waals surface area contributed by atoms with Gasteiger partial charge in [0.05, 0.1) is 13.0 Å². The normalized spacial score (nSPS) is 10.1. The van der Waals surface area contributed by atoms with Gasteiger partial charge in [-0.3, -0.25) is 14.4 Å². The number of rotatable bonds is 8. The average molecular weight is 436 g/mol. The summed E-state index contributed by atoms with van der Waals surface area (Å²) >= 11 is 3.31. The zero-order chi connectivity index (χ0) is 19.6. The van der Waals surface area contributed by atoms with E-state index in [0.29, 0.717) is 11.3 Å². The van der Waals surface area contributed by atoms with Crippen LogP contribution in [0.2, 0.25) is 0 Å². The minimum absolute atomic E-state index is 0.0133. The summed E-state index contributed by atoms with van der Waals surface area (Å²) in [4.78, 5) is 35.3. The highest BCUT2D eigenvalue weighted by atomic mass is 79.9. The first-order valence-corrected chi connectivity index (χ1v) is 9.05. The molecule has 8 heteroatoms. The van der Waals surface area contributed by atoms with Crippen molar-refractivity contribution in [2.75, 3.05) is 18.4 Å². The van der Waals surface area contributed by atoms with Crippen molar-refractivity contribution in [3.8, 4) is 0 Å². The highest BCUT2D eigenvalue weighted by Crippen LogP contribution is 2.14. The number of hydrogen-bond donors (Lipinski definition) is 3. The average Bonchev–Trinajstić information content (AvgIpc) is 2.62. The summed E-state index contributed by atoms with van der Waals surface area (Å²) in [5, 5.41) is 7.72. The van der Waals surface area contributed by atoms with Gasteiger partial charge >= 0.3 is 0 Å². The Kier molecular flexibility index (Phi) is 7.94. The van der Waals surface area contributed by atoms with Crippen molar-refractivity contribution in [1.82, 2.24) is 10.6 Å². The summed E-state index contributed by atoms with van der Waals surface area (Å²) in [6, 6.07) is 12.8. The number of anilines is 1. The molecule has 142 valence electrons. The number of amides is 3. The van der Waals surface area contributed by atoms with E-state index in [4.69, 9.17) is 0 Å². The molecule has 0 heterocycles. The van der Waals surface area contributed by atoms with Crippen molar-refractivity contribution < 1.29 is 18.8 Å². The predicted molar refractivity (Wildman–Crippen MR) is 104 cm³/mol. The molecule has 27 heavy (non-hydrogen) atoms. The van der Waals surface area contributed by atoms with E-state index in [0.717, 1.165) is 4.47 Å². The molecule has 2 rings (SSSR count). The third-order valence-corrected chi connectivity index (χ3v) is 4.03. The Morgan fingerprint density at radius 2 is 1.67 bits per heavy atom. The maximum absolute atomic E-state index is 13.1. The van der Waals surface area contributed by atoms with Gasteiger partial charge in [0.15, 0.2) is 0 Å². The van der Waals surface area contributed by atoms with E-state index >= 15 is 0 Å². The van der Waals surface area contributed by atoms with Crippen LogP contribution in [0.3, 0.4) is 0 Å². The number of hydrogen-bond acceptors (Lipinski definition) is 3. The molecule has 2 aromatic rings. The molecule has 0 saturated carbocycles. The molecule has 0 aromatic heterocycles. The van der Waals surface area contributed by atoms with Crippen LogP contribution in [0.15, 0.2) is 53.0 Å². The molecule has 0 aliphatic heterocycles. The molecule has 0 spiro atoms. The Labute approximate surface area is 164 Å². The van der Waals surface area contributed by atoms with Crippen LogP contribution in [0.1, 0.15) is 12.0 Å². The molecule has 3 N–H and O–H groups in total. The van der Waals surface area contributed by atoms with Gasteiger partial charge in [-0.25, -0.2) is 4.39 Å². The summed E-state index contributed by atoms with van der Waals surface area (Å²) in [7, 11) is 0. The molecule has 0 aliphatic carbocycles. The number of carbonyl (C=O) groups is 3. The Morgan fingerprint density at radius 1 is 0.926 bits per heavy atom. The lowest BCUT2D eigenvalue weighted by atomic mass is 10.1. The fraction of sp³-hybridized carbons (Fsp3) is 0.211. The Balaban J connectivity index is 1.62. The number of halogens is 2. The molecule has 0 aliphatic rings. The van der Waals surface area contributed by atoms with Gasteiger partial charge in [-0.1, -0.05) is 28.1 Å². The lowest BCUT2D eigenvalue weighted by molar-refractivity contribution is -0.125. The van der Waals surface area contributed by atoms with Crippen molar-refractivity contribution in [2.45, 2.75) is 12.8 Å². The second-order valence-electron chi connectivity index (χ2n) is 5.74.